The number of carbonyl (C=O) groups excluding carboxylic acids is 3. The SMILES string of the molecule is CC(=O)CCC(=O)N(C)CC(=O)NCC(C)COCC(C)(C)COCC(C)(C)C. The molecule has 1 N–H and O–H groups in total. The highest BCUT2D eigenvalue weighted by Gasteiger charge is 2.21. The molecule has 0 aromatic heterocycles. The van der Waals surface area contributed by atoms with Gasteiger partial charge in [-0.15, -0.1) is 0 Å². The van der Waals surface area contributed by atoms with Gasteiger partial charge in [-0.05, 0) is 18.3 Å². The number of hydrogen-bond donors (Lipinski definition) is 1. The van der Waals surface area contributed by atoms with Gasteiger partial charge in [-0.25, -0.2) is 0 Å². The summed E-state index contributed by atoms with van der Waals surface area (Å²) in [6.07, 6.45) is 0.343. The van der Waals surface area contributed by atoms with E-state index in [0.29, 0.717) is 33.0 Å². The van der Waals surface area contributed by atoms with Crippen LogP contribution in [-0.4, -0.2) is 69.1 Å². The lowest BCUT2D eigenvalue weighted by molar-refractivity contribution is -0.135. The van der Waals surface area contributed by atoms with Crippen LogP contribution in [0, 0.1) is 16.7 Å². The zero-order valence-electron chi connectivity index (χ0n) is 19.7. The van der Waals surface area contributed by atoms with Crippen molar-refractivity contribution in [3.8, 4) is 0 Å². The van der Waals surface area contributed by atoms with Crippen LogP contribution in [0.15, 0.2) is 0 Å². The van der Waals surface area contributed by atoms with Crippen molar-refractivity contribution in [3.63, 3.8) is 0 Å². The van der Waals surface area contributed by atoms with Crippen molar-refractivity contribution in [1.82, 2.24) is 10.2 Å². The fraction of sp³-hybridized carbons (Fsp3) is 0.864. The number of Topliss-reactive ketones (excluding diaryl/α,β-unsaturated/α-hetero) is 1. The summed E-state index contributed by atoms with van der Waals surface area (Å²) in [6.45, 7) is 17.1. The van der Waals surface area contributed by atoms with Crippen molar-refractivity contribution in [2.24, 2.45) is 16.7 Å². The molecular weight excluding hydrogens is 372 g/mol. The van der Waals surface area contributed by atoms with Gasteiger partial charge in [0, 0.05) is 31.8 Å². The third-order valence-corrected chi connectivity index (χ3v) is 4.07. The molecule has 170 valence electrons. The van der Waals surface area contributed by atoms with Crippen molar-refractivity contribution >= 4 is 17.6 Å². The molecule has 1 atom stereocenters. The van der Waals surface area contributed by atoms with Gasteiger partial charge < -0.3 is 24.5 Å². The molecule has 0 aliphatic heterocycles. The predicted octanol–water partition coefficient (Wildman–Crippen LogP) is 2.67. The number of ether oxygens (including phenoxy) is 2. The maximum absolute atomic E-state index is 12.0. The fourth-order valence-electron chi connectivity index (χ4n) is 2.39. The number of nitrogens with one attached hydrogen (secondary N) is 1. The molecule has 7 heteroatoms. The Kier molecular flexibility index (Phi) is 12.3. The van der Waals surface area contributed by atoms with Gasteiger partial charge in [0.05, 0.1) is 33.0 Å². The number of nitrogens with zero attached hydrogens (tertiary/aromatic N) is 1. The zero-order chi connectivity index (χ0) is 22.7. The van der Waals surface area contributed by atoms with Crippen LogP contribution in [0.1, 0.15) is 61.3 Å². The van der Waals surface area contributed by atoms with Gasteiger partial charge in [0.15, 0.2) is 0 Å². The molecule has 0 aromatic carbocycles. The minimum Gasteiger partial charge on any atom is -0.380 e. The van der Waals surface area contributed by atoms with E-state index in [1.807, 2.05) is 6.92 Å². The van der Waals surface area contributed by atoms with Gasteiger partial charge in [-0.3, -0.25) is 9.59 Å². The molecule has 1 unspecified atom stereocenters. The number of hydrogen-bond acceptors (Lipinski definition) is 5. The van der Waals surface area contributed by atoms with Gasteiger partial charge in [0.1, 0.15) is 5.78 Å². The first-order valence-electron chi connectivity index (χ1n) is 10.4. The zero-order valence-corrected chi connectivity index (χ0v) is 19.7. The van der Waals surface area contributed by atoms with Crippen LogP contribution in [0.3, 0.4) is 0 Å². The van der Waals surface area contributed by atoms with E-state index >= 15 is 0 Å². The monoisotopic (exact) mass is 414 g/mol. The normalized spacial score (nSPS) is 13.1. The van der Waals surface area contributed by atoms with Crippen molar-refractivity contribution in [3.05, 3.63) is 0 Å². The van der Waals surface area contributed by atoms with Crippen molar-refractivity contribution < 1.29 is 23.9 Å². The predicted molar refractivity (Wildman–Crippen MR) is 115 cm³/mol. The minimum atomic E-state index is -0.216. The Morgan fingerprint density at radius 1 is 0.966 bits per heavy atom. The summed E-state index contributed by atoms with van der Waals surface area (Å²) in [6, 6.07) is 0. The summed E-state index contributed by atoms with van der Waals surface area (Å²) < 4.78 is 11.6. The molecule has 0 aliphatic rings. The summed E-state index contributed by atoms with van der Waals surface area (Å²) in [7, 11) is 1.57. The van der Waals surface area contributed by atoms with Crippen LogP contribution < -0.4 is 5.32 Å². The minimum absolute atomic E-state index is 0.0114. The Bertz CT molecular complexity index is 526. The van der Waals surface area contributed by atoms with Gasteiger partial charge in [0.25, 0.3) is 0 Å². The highest BCUT2D eigenvalue weighted by molar-refractivity contribution is 5.87. The van der Waals surface area contributed by atoms with Crippen LogP contribution in [0.4, 0.5) is 0 Å². The van der Waals surface area contributed by atoms with E-state index in [4.69, 9.17) is 9.47 Å². The molecule has 0 aromatic rings. The molecule has 0 aliphatic carbocycles. The lowest BCUT2D eigenvalue weighted by Gasteiger charge is -2.27. The second-order valence-corrected chi connectivity index (χ2v) is 10.1. The van der Waals surface area contributed by atoms with E-state index < -0.39 is 0 Å². The third-order valence-electron chi connectivity index (χ3n) is 4.07. The molecule has 0 radical (unpaired) electrons. The van der Waals surface area contributed by atoms with Crippen LogP contribution in [0.2, 0.25) is 0 Å². The Balaban J connectivity index is 4.02. The van der Waals surface area contributed by atoms with E-state index in [0.717, 1.165) is 0 Å². The van der Waals surface area contributed by atoms with Crippen molar-refractivity contribution in [2.45, 2.75) is 61.3 Å². The highest BCUT2D eigenvalue weighted by atomic mass is 16.5. The first-order valence-corrected chi connectivity index (χ1v) is 10.4. The molecule has 0 rings (SSSR count). The van der Waals surface area contributed by atoms with Crippen LogP contribution in [-0.2, 0) is 23.9 Å². The average molecular weight is 415 g/mol. The average Bonchev–Trinajstić information content (AvgIpc) is 2.56. The summed E-state index contributed by atoms with van der Waals surface area (Å²) >= 11 is 0. The molecule has 0 bridgehead atoms. The second kappa shape index (κ2) is 13.0. The molecule has 0 saturated carbocycles. The van der Waals surface area contributed by atoms with E-state index in [2.05, 4.69) is 39.9 Å². The molecule has 7 nitrogen and oxygen atoms in total. The van der Waals surface area contributed by atoms with Gasteiger partial charge in [-0.1, -0.05) is 41.5 Å². The molecule has 2 amide bonds. The van der Waals surface area contributed by atoms with Crippen molar-refractivity contribution in [2.75, 3.05) is 46.6 Å². The lowest BCUT2D eigenvalue weighted by atomic mass is 9.95. The molecule has 0 fully saturated rings. The Morgan fingerprint density at radius 3 is 2.10 bits per heavy atom. The number of rotatable bonds is 14. The topological polar surface area (TPSA) is 84.9 Å². The maximum atomic E-state index is 12.0. The molecule has 0 saturated heterocycles. The van der Waals surface area contributed by atoms with E-state index in [-0.39, 0.29) is 53.7 Å². The van der Waals surface area contributed by atoms with E-state index in [1.54, 1.807) is 7.05 Å². The molecule has 29 heavy (non-hydrogen) atoms. The number of amides is 2. The maximum Gasteiger partial charge on any atom is 0.239 e. The summed E-state index contributed by atoms with van der Waals surface area (Å²) in [5.41, 5.74) is 0.0763. The van der Waals surface area contributed by atoms with Crippen LogP contribution in [0.25, 0.3) is 0 Å². The van der Waals surface area contributed by atoms with E-state index in [9.17, 15) is 14.4 Å². The van der Waals surface area contributed by atoms with Crippen molar-refractivity contribution in [1.29, 1.82) is 0 Å². The fourth-order valence-corrected chi connectivity index (χ4v) is 2.39. The smallest absolute Gasteiger partial charge is 0.239 e. The lowest BCUT2D eigenvalue weighted by Crippen LogP contribution is -2.40. The van der Waals surface area contributed by atoms with Crippen LogP contribution in [0.5, 0.6) is 0 Å². The summed E-state index contributed by atoms with van der Waals surface area (Å²) in [4.78, 5) is 36.1. The quantitative estimate of drug-likeness (QED) is 0.472. The number of ketones is 1. The Hall–Kier alpha value is -1.47. The second-order valence-electron chi connectivity index (χ2n) is 10.1. The number of carbonyl (C=O) groups is 3. The van der Waals surface area contributed by atoms with Gasteiger partial charge in [-0.2, -0.15) is 0 Å². The van der Waals surface area contributed by atoms with Gasteiger partial charge >= 0.3 is 0 Å². The molecule has 0 spiro atoms. The van der Waals surface area contributed by atoms with Gasteiger partial charge in [0.2, 0.25) is 11.8 Å². The first-order chi connectivity index (χ1) is 13.2. The summed E-state index contributed by atoms with van der Waals surface area (Å²) in [5, 5.41) is 2.83. The van der Waals surface area contributed by atoms with Crippen LogP contribution >= 0.6 is 0 Å². The highest BCUT2D eigenvalue weighted by Crippen LogP contribution is 2.19. The Labute approximate surface area is 176 Å². The molecule has 0 heterocycles. The largest absolute Gasteiger partial charge is 0.380 e. The standard InChI is InChI=1S/C22H42N2O5/c1-17(13-28-15-22(6,7)16-29-14-21(3,4)5)11-23-19(26)12-24(8)20(27)10-9-18(2)25/h17H,9-16H2,1-8H3,(H,23,26). The number of likely N-dealkylation sites (N-methyl/N-ethyl adjacent to an activating group) is 1. The summed E-state index contributed by atoms with van der Waals surface area (Å²) in [5.74, 6) is -0.299. The first kappa shape index (κ1) is 27.5. The Morgan fingerprint density at radius 2 is 1.55 bits per heavy atom. The molecular formula is C22H42N2O5. The van der Waals surface area contributed by atoms with E-state index in [1.165, 1.54) is 11.8 Å². The third kappa shape index (κ3) is 16.1.